The summed E-state index contributed by atoms with van der Waals surface area (Å²) in [6, 6.07) is 11.3. The number of allylic oxidation sites excluding steroid dienone is 2. The Morgan fingerprint density at radius 1 is 0.789 bits per heavy atom. The molecule has 0 saturated heterocycles. The Kier molecular flexibility index (Phi) is 3.00. The van der Waals surface area contributed by atoms with Gasteiger partial charge in [-0.3, -0.25) is 20.1 Å². The molecule has 0 saturated carbocycles. The lowest BCUT2D eigenvalue weighted by Crippen LogP contribution is -2.79. The lowest BCUT2D eigenvalue weighted by molar-refractivity contribution is -0.461. The molecule has 1 aliphatic heterocycles. The summed E-state index contributed by atoms with van der Waals surface area (Å²) in [6.45, 7) is 0. The first-order valence-electron chi connectivity index (χ1n) is 5.98. The van der Waals surface area contributed by atoms with Crippen molar-refractivity contribution in [1.29, 1.82) is 0 Å². The molecule has 2 N–H and O–H groups in total. The van der Waals surface area contributed by atoms with Gasteiger partial charge in [-0.25, -0.2) is 0 Å². The molecule has 0 fully saturated rings. The van der Waals surface area contributed by atoms with Crippen molar-refractivity contribution in [1.82, 2.24) is 9.97 Å². The number of quaternary nitrogens is 1. The van der Waals surface area contributed by atoms with Gasteiger partial charge in [0.1, 0.15) is 11.4 Å². The van der Waals surface area contributed by atoms with Crippen LogP contribution in [0.1, 0.15) is 11.4 Å². The van der Waals surface area contributed by atoms with Crippen molar-refractivity contribution in [2.24, 2.45) is 0 Å². The van der Waals surface area contributed by atoms with Gasteiger partial charge in [-0.15, -0.1) is 0 Å². The Hall–Kier alpha value is -2.59. The van der Waals surface area contributed by atoms with E-state index in [1.807, 2.05) is 41.7 Å². The van der Waals surface area contributed by atoms with Crippen LogP contribution in [0.4, 0.5) is 0 Å². The standard InChI is InChI=1S/C15H11N3O/c19-11-9-14(12-5-1-3-7-16-12)18-15(10-11)13-6-2-4-8-17-13/h1-10H,(H,18,19)/p+1. The van der Waals surface area contributed by atoms with Gasteiger partial charge in [0.25, 0.3) is 0 Å². The Balaban J connectivity index is 1.94. The number of carbonyl (C=O) groups is 1. The van der Waals surface area contributed by atoms with E-state index in [0.717, 1.165) is 22.8 Å². The third-order valence-electron chi connectivity index (χ3n) is 2.83. The number of rotatable bonds is 2. The average Bonchev–Trinajstić information content (AvgIpc) is 2.48. The highest BCUT2D eigenvalue weighted by Crippen LogP contribution is 2.12. The Labute approximate surface area is 110 Å². The minimum atomic E-state index is -0.0381. The molecule has 0 aliphatic carbocycles. The van der Waals surface area contributed by atoms with E-state index in [1.54, 1.807) is 24.5 Å². The molecule has 3 heterocycles. The molecule has 0 radical (unpaired) electrons. The van der Waals surface area contributed by atoms with Gasteiger partial charge in [-0.05, 0) is 24.3 Å². The number of aromatic nitrogens is 2. The number of hydrogen-bond acceptors (Lipinski definition) is 3. The van der Waals surface area contributed by atoms with E-state index in [1.165, 1.54) is 0 Å². The summed E-state index contributed by atoms with van der Waals surface area (Å²) in [5.41, 5.74) is 3.21. The highest BCUT2D eigenvalue weighted by Gasteiger charge is 2.20. The van der Waals surface area contributed by atoms with Crippen molar-refractivity contribution >= 4 is 17.2 Å². The molecule has 2 aromatic heterocycles. The second kappa shape index (κ2) is 4.96. The first-order chi connectivity index (χ1) is 9.33. The maximum Gasteiger partial charge on any atom is 0.190 e. The molecule has 4 heteroatoms. The third kappa shape index (κ3) is 2.48. The van der Waals surface area contributed by atoms with Gasteiger partial charge in [-0.1, -0.05) is 12.1 Å². The SMILES string of the molecule is O=C1C=C(c2ccccn2)[NH2+]C(c2ccccn2)=C1. The van der Waals surface area contributed by atoms with Crippen LogP contribution in [0, 0.1) is 0 Å². The highest BCUT2D eigenvalue weighted by molar-refractivity contribution is 6.08. The summed E-state index contributed by atoms with van der Waals surface area (Å²) in [4.78, 5) is 20.3. The summed E-state index contributed by atoms with van der Waals surface area (Å²) in [5.74, 6) is -0.0381. The van der Waals surface area contributed by atoms with E-state index >= 15 is 0 Å². The molecular formula is C15H12N3O+. The second-order valence-corrected chi connectivity index (χ2v) is 4.18. The minimum Gasteiger partial charge on any atom is -0.289 e. The molecule has 0 unspecified atom stereocenters. The zero-order valence-electron chi connectivity index (χ0n) is 10.2. The van der Waals surface area contributed by atoms with Crippen molar-refractivity contribution in [3.63, 3.8) is 0 Å². The van der Waals surface area contributed by atoms with Gasteiger partial charge in [0, 0.05) is 24.5 Å². The van der Waals surface area contributed by atoms with Crippen LogP contribution in [0.3, 0.4) is 0 Å². The third-order valence-corrected chi connectivity index (χ3v) is 2.83. The van der Waals surface area contributed by atoms with Gasteiger partial charge in [0.2, 0.25) is 0 Å². The smallest absolute Gasteiger partial charge is 0.190 e. The topological polar surface area (TPSA) is 59.5 Å². The number of nitrogens with two attached hydrogens (primary N) is 1. The number of hydrogen-bond donors (Lipinski definition) is 1. The molecule has 92 valence electrons. The summed E-state index contributed by atoms with van der Waals surface area (Å²) in [5, 5.41) is 1.94. The van der Waals surface area contributed by atoms with Crippen molar-refractivity contribution in [3.8, 4) is 0 Å². The first kappa shape index (κ1) is 11.5. The van der Waals surface area contributed by atoms with Crippen molar-refractivity contribution < 1.29 is 10.1 Å². The maximum absolute atomic E-state index is 11.8. The van der Waals surface area contributed by atoms with Crippen LogP contribution in [0.25, 0.3) is 11.4 Å². The fourth-order valence-corrected chi connectivity index (χ4v) is 1.96. The van der Waals surface area contributed by atoms with Crippen LogP contribution < -0.4 is 5.32 Å². The summed E-state index contributed by atoms with van der Waals surface area (Å²) in [7, 11) is 0. The summed E-state index contributed by atoms with van der Waals surface area (Å²) >= 11 is 0. The lowest BCUT2D eigenvalue weighted by atomic mass is 10.1. The molecule has 19 heavy (non-hydrogen) atoms. The Bertz CT molecular complexity index is 603. The fourth-order valence-electron chi connectivity index (χ4n) is 1.96. The van der Waals surface area contributed by atoms with Gasteiger partial charge in [0.05, 0.1) is 0 Å². The molecule has 2 aromatic rings. The van der Waals surface area contributed by atoms with E-state index < -0.39 is 0 Å². The Morgan fingerprint density at radius 3 is 1.74 bits per heavy atom. The largest absolute Gasteiger partial charge is 0.289 e. The highest BCUT2D eigenvalue weighted by atomic mass is 16.1. The maximum atomic E-state index is 11.8. The zero-order chi connectivity index (χ0) is 13.1. The van der Waals surface area contributed by atoms with E-state index in [0.29, 0.717) is 0 Å². The molecule has 3 rings (SSSR count). The van der Waals surface area contributed by atoms with Gasteiger partial charge >= 0.3 is 0 Å². The molecule has 0 spiro atoms. The number of carbonyl (C=O) groups excluding carboxylic acids is 1. The summed E-state index contributed by atoms with van der Waals surface area (Å²) < 4.78 is 0. The lowest BCUT2D eigenvalue weighted by Gasteiger charge is -2.10. The van der Waals surface area contributed by atoms with Crippen LogP contribution in [0.5, 0.6) is 0 Å². The summed E-state index contributed by atoms with van der Waals surface area (Å²) in [6.07, 6.45) is 6.62. The second-order valence-electron chi connectivity index (χ2n) is 4.18. The van der Waals surface area contributed by atoms with Crippen molar-refractivity contribution in [2.45, 2.75) is 0 Å². The quantitative estimate of drug-likeness (QED) is 0.865. The number of pyridine rings is 2. The van der Waals surface area contributed by atoms with Crippen LogP contribution in [0.15, 0.2) is 60.9 Å². The zero-order valence-corrected chi connectivity index (χ0v) is 10.2. The molecule has 0 aromatic carbocycles. The van der Waals surface area contributed by atoms with Crippen LogP contribution >= 0.6 is 0 Å². The van der Waals surface area contributed by atoms with Crippen LogP contribution in [-0.4, -0.2) is 15.8 Å². The first-order valence-corrected chi connectivity index (χ1v) is 5.98. The Morgan fingerprint density at radius 2 is 1.32 bits per heavy atom. The van der Waals surface area contributed by atoms with Gasteiger partial charge in [-0.2, -0.15) is 0 Å². The molecule has 0 bridgehead atoms. The number of nitrogens with zero attached hydrogens (tertiary/aromatic N) is 2. The molecular weight excluding hydrogens is 238 g/mol. The monoisotopic (exact) mass is 250 g/mol. The number of ketones is 1. The van der Waals surface area contributed by atoms with Gasteiger partial charge < -0.3 is 0 Å². The van der Waals surface area contributed by atoms with E-state index in [2.05, 4.69) is 9.97 Å². The molecule has 1 aliphatic rings. The van der Waals surface area contributed by atoms with Crippen molar-refractivity contribution in [2.75, 3.05) is 0 Å². The van der Waals surface area contributed by atoms with E-state index in [9.17, 15) is 4.79 Å². The van der Waals surface area contributed by atoms with E-state index in [-0.39, 0.29) is 5.78 Å². The van der Waals surface area contributed by atoms with Crippen LogP contribution in [-0.2, 0) is 4.79 Å². The average molecular weight is 250 g/mol. The van der Waals surface area contributed by atoms with Crippen LogP contribution in [0.2, 0.25) is 0 Å². The molecule has 4 nitrogen and oxygen atoms in total. The molecule has 0 atom stereocenters. The fraction of sp³-hybridized carbons (Fsp3) is 0. The minimum absolute atomic E-state index is 0.0381. The van der Waals surface area contributed by atoms with E-state index in [4.69, 9.17) is 0 Å². The predicted octanol–water partition coefficient (Wildman–Crippen LogP) is 1.00. The van der Waals surface area contributed by atoms with Crippen molar-refractivity contribution in [3.05, 3.63) is 72.3 Å². The normalized spacial score (nSPS) is 14.8. The molecule has 0 amide bonds. The van der Waals surface area contributed by atoms with Gasteiger partial charge in [0.15, 0.2) is 17.2 Å². The predicted molar refractivity (Wildman–Crippen MR) is 71.4 cm³/mol.